The molecule has 2 aromatic rings. The lowest BCUT2D eigenvalue weighted by molar-refractivity contribution is 0.495. The molecule has 2 aromatic heterocycles. The van der Waals surface area contributed by atoms with Gasteiger partial charge in [0, 0.05) is 18.7 Å². The van der Waals surface area contributed by atoms with E-state index in [1.807, 2.05) is 24.3 Å². The molecular weight excluding hydrogens is 226 g/mol. The molecule has 0 aliphatic rings. The van der Waals surface area contributed by atoms with Gasteiger partial charge in [-0.25, -0.2) is 4.98 Å². The van der Waals surface area contributed by atoms with Crippen LogP contribution in [0.5, 0.6) is 0 Å². The van der Waals surface area contributed by atoms with Crippen LogP contribution in [0.2, 0.25) is 0 Å². The molecule has 0 unspecified atom stereocenters. The van der Waals surface area contributed by atoms with E-state index in [4.69, 9.17) is 9.68 Å². The third kappa shape index (κ3) is 3.36. The van der Waals surface area contributed by atoms with E-state index in [2.05, 4.69) is 17.2 Å². The maximum atomic E-state index is 8.68. The number of aryl methyl sites for hydroxylation is 1. The Balaban J connectivity index is 1.83. The van der Waals surface area contributed by atoms with Gasteiger partial charge in [0.2, 0.25) is 0 Å². The van der Waals surface area contributed by atoms with Gasteiger partial charge in [0.25, 0.3) is 0 Å². The van der Waals surface area contributed by atoms with E-state index in [-0.39, 0.29) is 0 Å². The highest BCUT2D eigenvalue weighted by Gasteiger charge is 2.05. The molecule has 0 aromatic carbocycles. The first-order valence-corrected chi connectivity index (χ1v) is 5.93. The van der Waals surface area contributed by atoms with Crippen molar-refractivity contribution in [1.29, 1.82) is 5.26 Å². The number of nitrogens with one attached hydrogen (secondary N) is 1. The molecular formula is C14H15N3O. The lowest BCUT2D eigenvalue weighted by atomic mass is 10.1. The molecule has 4 heteroatoms. The number of pyridine rings is 1. The van der Waals surface area contributed by atoms with Crippen LogP contribution in [0.3, 0.4) is 0 Å². The highest BCUT2D eigenvalue weighted by molar-refractivity contribution is 5.39. The standard InChI is InChI=1S/C14H15N3O/c1-11(4-6-13-3-2-8-18-13)17-14-7-5-12(9-15)10-16-14/h2-3,5,7-8,10-11H,4,6H2,1H3,(H,16,17)/t11-/m0/s1. The van der Waals surface area contributed by atoms with Crippen molar-refractivity contribution in [3.8, 4) is 6.07 Å². The lowest BCUT2D eigenvalue weighted by Crippen LogP contribution is -2.16. The number of nitriles is 1. The summed E-state index contributed by atoms with van der Waals surface area (Å²) in [4.78, 5) is 4.18. The third-order valence-corrected chi connectivity index (χ3v) is 2.69. The number of anilines is 1. The van der Waals surface area contributed by atoms with Crippen molar-refractivity contribution in [2.24, 2.45) is 0 Å². The molecule has 2 heterocycles. The summed E-state index contributed by atoms with van der Waals surface area (Å²) in [7, 11) is 0. The van der Waals surface area contributed by atoms with Crippen molar-refractivity contribution in [3.05, 3.63) is 48.0 Å². The fourth-order valence-corrected chi connectivity index (χ4v) is 1.68. The second-order valence-corrected chi connectivity index (χ2v) is 4.21. The molecule has 0 bridgehead atoms. The van der Waals surface area contributed by atoms with Gasteiger partial charge in [0.1, 0.15) is 17.6 Å². The summed E-state index contributed by atoms with van der Waals surface area (Å²) in [5.74, 6) is 1.79. The van der Waals surface area contributed by atoms with Crippen molar-refractivity contribution < 1.29 is 4.42 Å². The minimum Gasteiger partial charge on any atom is -0.469 e. The maximum Gasteiger partial charge on any atom is 0.126 e. The summed E-state index contributed by atoms with van der Waals surface area (Å²) in [5.41, 5.74) is 0.573. The first-order chi connectivity index (χ1) is 8.78. The van der Waals surface area contributed by atoms with Crippen molar-refractivity contribution in [2.75, 3.05) is 5.32 Å². The Hall–Kier alpha value is -2.28. The lowest BCUT2D eigenvalue weighted by Gasteiger charge is -2.13. The first kappa shape index (κ1) is 12.2. The van der Waals surface area contributed by atoms with Gasteiger partial charge in [-0.2, -0.15) is 5.26 Å². The van der Waals surface area contributed by atoms with E-state index in [1.165, 1.54) is 0 Å². The number of rotatable bonds is 5. The molecule has 0 aliphatic carbocycles. The predicted molar refractivity (Wildman–Crippen MR) is 69.1 cm³/mol. The Kier molecular flexibility index (Phi) is 3.98. The Morgan fingerprint density at radius 1 is 1.44 bits per heavy atom. The number of furan rings is 1. The number of aromatic nitrogens is 1. The SMILES string of the molecule is C[C@@H](CCc1ccco1)Nc1ccc(C#N)cn1. The zero-order chi connectivity index (χ0) is 12.8. The number of hydrogen-bond acceptors (Lipinski definition) is 4. The summed E-state index contributed by atoms with van der Waals surface area (Å²) in [6, 6.07) is 9.81. The fourth-order valence-electron chi connectivity index (χ4n) is 1.68. The molecule has 4 nitrogen and oxygen atoms in total. The molecule has 1 N–H and O–H groups in total. The van der Waals surface area contributed by atoms with Crippen LogP contribution in [0.1, 0.15) is 24.7 Å². The molecule has 0 radical (unpaired) electrons. The van der Waals surface area contributed by atoms with Crippen LogP contribution in [0.15, 0.2) is 41.1 Å². The molecule has 1 atom stereocenters. The van der Waals surface area contributed by atoms with E-state index in [1.54, 1.807) is 18.5 Å². The molecule has 18 heavy (non-hydrogen) atoms. The third-order valence-electron chi connectivity index (χ3n) is 2.69. The Labute approximate surface area is 106 Å². The summed E-state index contributed by atoms with van der Waals surface area (Å²) < 4.78 is 5.28. The van der Waals surface area contributed by atoms with Gasteiger partial charge in [-0.1, -0.05) is 0 Å². The van der Waals surface area contributed by atoms with Crippen LogP contribution in [0.25, 0.3) is 0 Å². The minimum absolute atomic E-state index is 0.301. The highest BCUT2D eigenvalue weighted by atomic mass is 16.3. The van der Waals surface area contributed by atoms with Crippen molar-refractivity contribution in [1.82, 2.24) is 4.98 Å². The summed E-state index contributed by atoms with van der Waals surface area (Å²) in [6.07, 6.45) is 5.13. The van der Waals surface area contributed by atoms with Crippen LogP contribution in [0.4, 0.5) is 5.82 Å². The molecule has 92 valence electrons. The van der Waals surface area contributed by atoms with Crippen LogP contribution >= 0.6 is 0 Å². The number of hydrogen-bond donors (Lipinski definition) is 1. The predicted octanol–water partition coefficient (Wildman–Crippen LogP) is 2.98. The molecule has 0 fully saturated rings. The second-order valence-electron chi connectivity index (χ2n) is 4.21. The molecule has 0 aliphatic heterocycles. The molecule has 0 saturated heterocycles. The average molecular weight is 241 g/mol. The zero-order valence-corrected chi connectivity index (χ0v) is 10.3. The molecule has 0 saturated carbocycles. The van der Waals surface area contributed by atoms with E-state index in [0.29, 0.717) is 11.6 Å². The Morgan fingerprint density at radius 2 is 2.33 bits per heavy atom. The quantitative estimate of drug-likeness (QED) is 0.874. The second kappa shape index (κ2) is 5.87. The van der Waals surface area contributed by atoms with Crippen LogP contribution in [0, 0.1) is 11.3 Å². The monoisotopic (exact) mass is 241 g/mol. The molecule has 2 rings (SSSR count). The summed E-state index contributed by atoms with van der Waals surface area (Å²) in [5, 5.41) is 12.0. The maximum absolute atomic E-state index is 8.68. The summed E-state index contributed by atoms with van der Waals surface area (Å²) >= 11 is 0. The number of nitrogens with zero attached hydrogens (tertiary/aromatic N) is 2. The van der Waals surface area contributed by atoms with Crippen molar-refractivity contribution in [3.63, 3.8) is 0 Å². The smallest absolute Gasteiger partial charge is 0.126 e. The normalized spacial score (nSPS) is 11.8. The first-order valence-electron chi connectivity index (χ1n) is 5.93. The Morgan fingerprint density at radius 3 is 2.94 bits per heavy atom. The van der Waals surface area contributed by atoms with Gasteiger partial charge in [0.15, 0.2) is 0 Å². The van der Waals surface area contributed by atoms with E-state index in [9.17, 15) is 0 Å². The van der Waals surface area contributed by atoms with E-state index < -0.39 is 0 Å². The molecule has 0 amide bonds. The largest absolute Gasteiger partial charge is 0.469 e. The van der Waals surface area contributed by atoms with Crippen LogP contribution in [-0.2, 0) is 6.42 Å². The van der Waals surface area contributed by atoms with Gasteiger partial charge < -0.3 is 9.73 Å². The highest BCUT2D eigenvalue weighted by Crippen LogP contribution is 2.10. The van der Waals surface area contributed by atoms with Gasteiger partial charge in [-0.05, 0) is 37.6 Å². The van der Waals surface area contributed by atoms with E-state index in [0.717, 1.165) is 24.4 Å². The van der Waals surface area contributed by atoms with Gasteiger partial charge in [0.05, 0.1) is 11.8 Å². The van der Waals surface area contributed by atoms with Crippen LogP contribution < -0.4 is 5.32 Å². The van der Waals surface area contributed by atoms with Gasteiger partial charge in [-0.15, -0.1) is 0 Å². The molecule has 0 spiro atoms. The average Bonchev–Trinajstić information content (AvgIpc) is 2.90. The van der Waals surface area contributed by atoms with E-state index >= 15 is 0 Å². The van der Waals surface area contributed by atoms with Gasteiger partial charge in [-0.3, -0.25) is 0 Å². The topological polar surface area (TPSA) is 61.9 Å². The fraction of sp³-hybridized carbons (Fsp3) is 0.286. The van der Waals surface area contributed by atoms with Gasteiger partial charge >= 0.3 is 0 Å². The zero-order valence-electron chi connectivity index (χ0n) is 10.3. The minimum atomic E-state index is 0.301. The van der Waals surface area contributed by atoms with Crippen LogP contribution in [-0.4, -0.2) is 11.0 Å². The Bertz CT molecular complexity index is 511. The van der Waals surface area contributed by atoms with Crippen molar-refractivity contribution >= 4 is 5.82 Å². The van der Waals surface area contributed by atoms with Crippen molar-refractivity contribution in [2.45, 2.75) is 25.8 Å². The summed E-state index contributed by atoms with van der Waals surface area (Å²) in [6.45, 7) is 2.10.